The first-order valence-corrected chi connectivity index (χ1v) is 5.59. The van der Waals surface area contributed by atoms with E-state index >= 15 is 0 Å². The van der Waals surface area contributed by atoms with Crippen molar-refractivity contribution in [1.82, 2.24) is 0 Å². The van der Waals surface area contributed by atoms with Crippen molar-refractivity contribution in [2.75, 3.05) is 0 Å². The fourth-order valence-electron chi connectivity index (χ4n) is 1.17. The van der Waals surface area contributed by atoms with Crippen LogP contribution in [0.4, 0.5) is 17.6 Å². The molecule has 0 amide bonds. The lowest BCUT2D eigenvalue weighted by atomic mass is 10.0. The third-order valence-electron chi connectivity index (χ3n) is 2.20. The highest BCUT2D eigenvalue weighted by atomic mass is 79.9. The number of halogens is 6. The maximum atomic E-state index is 13.3. The SMILES string of the molecule is C[C@H](Cc1ccc(Cl)c(F)c1Br)C(F)(F)F. The van der Waals surface area contributed by atoms with Gasteiger partial charge in [0.2, 0.25) is 0 Å². The molecule has 0 saturated heterocycles. The molecule has 1 aromatic rings. The van der Waals surface area contributed by atoms with Gasteiger partial charge in [-0.2, -0.15) is 13.2 Å². The van der Waals surface area contributed by atoms with Gasteiger partial charge < -0.3 is 0 Å². The molecule has 90 valence electrons. The summed E-state index contributed by atoms with van der Waals surface area (Å²) in [6.07, 6.45) is -4.56. The molecule has 0 fully saturated rings. The van der Waals surface area contributed by atoms with Gasteiger partial charge in [-0.05, 0) is 34.0 Å². The summed E-state index contributed by atoms with van der Waals surface area (Å²) in [4.78, 5) is 0. The second kappa shape index (κ2) is 4.92. The molecule has 0 saturated carbocycles. The number of benzene rings is 1. The maximum Gasteiger partial charge on any atom is 0.391 e. The molecule has 6 heteroatoms. The van der Waals surface area contributed by atoms with Crippen LogP contribution < -0.4 is 0 Å². The monoisotopic (exact) mass is 318 g/mol. The van der Waals surface area contributed by atoms with E-state index in [1.807, 2.05) is 0 Å². The largest absolute Gasteiger partial charge is 0.391 e. The van der Waals surface area contributed by atoms with E-state index in [-0.39, 0.29) is 21.5 Å². The average Bonchev–Trinajstić information content (AvgIpc) is 2.17. The molecule has 0 aliphatic rings. The normalized spacial score (nSPS) is 13.9. The van der Waals surface area contributed by atoms with E-state index in [4.69, 9.17) is 11.6 Å². The van der Waals surface area contributed by atoms with Crippen molar-refractivity contribution in [2.45, 2.75) is 19.5 Å². The van der Waals surface area contributed by atoms with E-state index in [0.717, 1.165) is 6.92 Å². The van der Waals surface area contributed by atoms with Crippen LogP contribution in [0.2, 0.25) is 5.02 Å². The Bertz CT molecular complexity index is 389. The van der Waals surface area contributed by atoms with E-state index in [1.165, 1.54) is 12.1 Å². The van der Waals surface area contributed by atoms with Gasteiger partial charge in [-0.3, -0.25) is 0 Å². The number of rotatable bonds is 2. The zero-order chi connectivity index (χ0) is 12.5. The third-order valence-corrected chi connectivity index (χ3v) is 3.35. The van der Waals surface area contributed by atoms with E-state index in [0.29, 0.717) is 0 Å². The van der Waals surface area contributed by atoms with Gasteiger partial charge in [-0.25, -0.2) is 4.39 Å². The van der Waals surface area contributed by atoms with Gasteiger partial charge in [-0.15, -0.1) is 0 Å². The Morgan fingerprint density at radius 3 is 2.44 bits per heavy atom. The quantitative estimate of drug-likeness (QED) is 0.532. The fraction of sp³-hybridized carbons (Fsp3) is 0.400. The lowest BCUT2D eigenvalue weighted by Crippen LogP contribution is -2.22. The van der Waals surface area contributed by atoms with E-state index in [2.05, 4.69) is 15.9 Å². The summed E-state index contributed by atoms with van der Waals surface area (Å²) >= 11 is 8.38. The Balaban J connectivity index is 2.95. The van der Waals surface area contributed by atoms with E-state index < -0.39 is 17.9 Å². The van der Waals surface area contributed by atoms with Crippen LogP contribution in [0.25, 0.3) is 0 Å². The van der Waals surface area contributed by atoms with Crippen molar-refractivity contribution in [2.24, 2.45) is 5.92 Å². The smallest absolute Gasteiger partial charge is 0.204 e. The molecule has 0 spiro atoms. The summed E-state index contributed by atoms with van der Waals surface area (Å²) < 4.78 is 50.2. The van der Waals surface area contributed by atoms with Crippen molar-refractivity contribution in [1.29, 1.82) is 0 Å². The minimum atomic E-state index is -4.28. The molecule has 0 radical (unpaired) electrons. The highest BCUT2D eigenvalue weighted by molar-refractivity contribution is 9.10. The standard InChI is InChI=1S/C10H8BrClF4/c1-5(10(14,15)16)4-6-2-3-7(12)9(13)8(6)11/h2-3,5H,4H2,1H3/t5-/m1/s1. The number of alkyl halides is 3. The van der Waals surface area contributed by atoms with Crippen LogP contribution in [0.3, 0.4) is 0 Å². The van der Waals surface area contributed by atoms with Gasteiger partial charge in [0, 0.05) is 0 Å². The summed E-state index contributed by atoms with van der Waals surface area (Å²) in [6, 6.07) is 2.64. The van der Waals surface area contributed by atoms with Crippen molar-refractivity contribution in [3.63, 3.8) is 0 Å². The Hall–Kier alpha value is -0.290. The first-order chi connectivity index (χ1) is 7.23. The molecule has 1 aromatic carbocycles. The van der Waals surface area contributed by atoms with Crippen molar-refractivity contribution < 1.29 is 17.6 Å². The minimum absolute atomic E-state index is 0.00361. The average molecular weight is 320 g/mol. The highest BCUT2D eigenvalue weighted by Gasteiger charge is 2.36. The minimum Gasteiger partial charge on any atom is -0.204 e. The lowest BCUT2D eigenvalue weighted by molar-refractivity contribution is -0.169. The molecule has 0 N–H and O–H groups in total. The van der Waals surface area contributed by atoms with Gasteiger partial charge in [0.15, 0.2) is 5.82 Å². The van der Waals surface area contributed by atoms with Gasteiger partial charge in [-0.1, -0.05) is 24.6 Å². The molecule has 1 rings (SSSR count). The van der Waals surface area contributed by atoms with Crippen LogP contribution in [0.15, 0.2) is 16.6 Å². The molecule has 0 aliphatic heterocycles. The van der Waals surface area contributed by atoms with Crippen molar-refractivity contribution in [3.8, 4) is 0 Å². The number of hydrogen-bond donors (Lipinski definition) is 0. The summed E-state index contributed by atoms with van der Waals surface area (Å²) in [5.41, 5.74) is 0.256. The van der Waals surface area contributed by atoms with Crippen LogP contribution in [-0.2, 0) is 6.42 Å². The van der Waals surface area contributed by atoms with Crippen LogP contribution in [0, 0.1) is 11.7 Å². The first-order valence-electron chi connectivity index (χ1n) is 4.42. The molecule has 0 heterocycles. The predicted molar refractivity (Wildman–Crippen MR) is 58.0 cm³/mol. The lowest BCUT2D eigenvalue weighted by Gasteiger charge is -2.16. The predicted octanol–water partition coefficient (Wildman–Crippen LogP) is 4.98. The van der Waals surface area contributed by atoms with Gasteiger partial charge in [0.25, 0.3) is 0 Å². The molecule has 0 aromatic heterocycles. The zero-order valence-corrected chi connectivity index (χ0v) is 10.5. The fourth-order valence-corrected chi connectivity index (χ4v) is 1.95. The van der Waals surface area contributed by atoms with E-state index in [9.17, 15) is 17.6 Å². The summed E-state index contributed by atoms with van der Waals surface area (Å²) in [5.74, 6) is -2.25. The van der Waals surface area contributed by atoms with Crippen LogP contribution in [0.5, 0.6) is 0 Å². The second-order valence-corrected chi connectivity index (χ2v) is 4.68. The molecular weight excluding hydrogens is 311 g/mol. The third kappa shape index (κ3) is 3.10. The Morgan fingerprint density at radius 2 is 1.94 bits per heavy atom. The van der Waals surface area contributed by atoms with Crippen LogP contribution >= 0.6 is 27.5 Å². The van der Waals surface area contributed by atoms with Crippen LogP contribution in [0.1, 0.15) is 12.5 Å². The summed E-state index contributed by atoms with van der Waals surface area (Å²) in [7, 11) is 0. The Kier molecular flexibility index (Phi) is 4.23. The van der Waals surface area contributed by atoms with Gasteiger partial charge >= 0.3 is 6.18 Å². The molecule has 0 unspecified atom stereocenters. The molecule has 0 bridgehead atoms. The molecule has 0 aliphatic carbocycles. The topological polar surface area (TPSA) is 0 Å². The van der Waals surface area contributed by atoms with Crippen LogP contribution in [-0.4, -0.2) is 6.18 Å². The maximum absolute atomic E-state index is 13.3. The van der Waals surface area contributed by atoms with Gasteiger partial charge in [0.05, 0.1) is 15.4 Å². The van der Waals surface area contributed by atoms with E-state index in [1.54, 1.807) is 0 Å². The number of hydrogen-bond acceptors (Lipinski definition) is 0. The molecule has 1 atom stereocenters. The van der Waals surface area contributed by atoms with Crippen molar-refractivity contribution >= 4 is 27.5 Å². The molecule has 16 heavy (non-hydrogen) atoms. The highest BCUT2D eigenvalue weighted by Crippen LogP contribution is 2.33. The molecular formula is C10H8BrClF4. The summed E-state index contributed by atoms with van der Waals surface area (Å²) in [6.45, 7) is 1.05. The zero-order valence-electron chi connectivity index (χ0n) is 8.21. The van der Waals surface area contributed by atoms with Gasteiger partial charge in [0.1, 0.15) is 0 Å². The summed E-state index contributed by atoms with van der Waals surface area (Å²) in [5, 5.41) is -0.115. The first kappa shape index (κ1) is 13.8. The second-order valence-electron chi connectivity index (χ2n) is 3.48. The Morgan fingerprint density at radius 1 is 1.38 bits per heavy atom. The Labute approximate surface area is 104 Å². The molecule has 0 nitrogen and oxygen atoms in total. The van der Waals surface area contributed by atoms with Crippen molar-refractivity contribution in [3.05, 3.63) is 33.0 Å².